The molecule has 1 aliphatic rings. The average Bonchev–Trinajstić information content (AvgIpc) is 3.35. The van der Waals surface area contributed by atoms with E-state index in [1.807, 2.05) is 52.9 Å². The van der Waals surface area contributed by atoms with Crippen molar-refractivity contribution in [2.24, 2.45) is 5.73 Å². The molecule has 0 fully saturated rings. The summed E-state index contributed by atoms with van der Waals surface area (Å²) in [6.07, 6.45) is 0.712. The van der Waals surface area contributed by atoms with Crippen LogP contribution in [0, 0.1) is 0 Å². The molecule has 0 radical (unpaired) electrons. The maximum Gasteiger partial charge on any atom is 0.268 e. The SMILES string of the molecule is NCCCN1C(CNC(=O)c2cccs2)c2cc(Cl)ccc2C(=O)N1Cc1ccccc1. The highest BCUT2D eigenvalue weighted by atomic mass is 35.5. The first-order valence-corrected chi connectivity index (χ1v) is 11.8. The summed E-state index contributed by atoms with van der Waals surface area (Å²) in [5.41, 5.74) is 8.25. The standard InChI is InChI=1S/C24H25ClN4O2S/c25-18-9-10-19-20(14-18)21(15-27-23(30)22-8-4-13-32-22)28(12-5-11-26)29(24(19)31)16-17-6-2-1-3-7-17/h1-4,6-10,13-14,21H,5,11-12,15-16,26H2,(H,27,30). The Bertz CT molecular complexity index is 1070. The zero-order chi connectivity index (χ0) is 22.5. The van der Waals surface area contributed by atoms with Crippen LogP contribution in [-0.4, -0.2) is 41.5 Å². The lowest BCUT2D eigenvalue weighted by Gasteiger charge is -2.45. The van der Waals surface area contributed by atoms with Gasteiger partial charge in [0.05, 0.1) is 17.5 Å². The fourth-order valence-electron chi connectivity index (χ4n) is 3.94. The highest BCUT2D eigenvalue weighted by molar-refractivity contribution is 7.12. The average molecular weight is 469 g/mol. The minimum absolute atomic E-state index is 0.0848. The van der Waals surface area contributed by atoms with Crippen molar-refractivity contribution in [2.75, 3.05) is 19.6 Å². The molecule has 0 spiro atoms. The van der Waals surface area contributed by atoms with E-state index in [0.29, 0.717) is 48.1 Å². The number of halogens is 1. The number of carbonyl (C=O) groups is 2. The molecule has 32 heavy (non-hydrogen) atoms. The molecular formula is C24H25ClN4O2S. The molecule has 2 aromatic carbocycles. The van der Waals surface area contributed by atoms with Gasteiger partial charge in [-0.2, -0.15) is 0 Å². The van der Waals surface area contributed by atoms with Gasteiger partial charge in [-0.3, -0.25) is 14.6 Å². The van der Waals surface area contributed by atoms with Crippen LogP contribution >= 0.6 is 22.9 Å². The molecule has 3 aromatic rings. The van der Waals surface area contributed by atoms with Crippen LogP contribution in [-0.2, 0) is 6.54 Å². The fourth-order valence-corrected chi connectivity index (χ4v) is 4.76. The molecule has 166 valence electrons. The summed E-state index contributed by atoms with van der Waals surface area (Å²) in [5, 5.41) is 9.26. The second-order valence-electron chi connectivity index (χ2n) is 7.59. The lowest BCUT2D eigenvalue weighted by Crippen LogP contribution is -2.54. The Balaban J connectivity index is 1.69. The Morgan fingerprint density at radius 3 is 2.66 bits per heavy atom. The zero-order valence-corrected chi connectivity index (χ0v) is 19.1. The third-order valence-electron chi connectivity index (χ3n) is 5.47. The van der Waals surface area contributed by atoms with E-state index in [4.69, 9.17) is 17.3 Å². The van der Waals surface area contributed by atoms with Crippen LogP contribution in [0.3, 0.4) is 0 Å². The summed E-state index contributed by atoms with van der Waals surface area (Å²) >= 11 is 7.70. The van der Waals surface area contributed by atoms with Crippen LogP contribution in [0.1, 0.15) is 43.6 Å². The lowest BCUT2D eigenvalue weighted by atomic mass is 9.95. The van der Waals surface area contributed by atoms with Crippen molar-refractivity contribution in [2.45, 2.75) is 19.0 Å². The van der Waals surface area contributed by atoms with E-state index >= 15 is 0 Å². The number of rotatable bonds is 8. The van der Waals surface area contributed by atoms with Crippen LogP contribution < -0.4 is 11.1 Å². The van der Waals surface area contributed by atoms with Crippen LogP contribution in [0.5, 0.6) is 0 Å². The molecule has 1 unspecified atom stereocenters. The van der Waals surface area contributed by atoms with E-state index in [1.54, 1.807) is 23.2 Å². The van der Waals surface area contributed by atoms with Crippen molar-refractivity contribution >= 4 is 34.8 Å². The number of hydrogen-bond acceptors (Lipinski definition) is 5. The van der Waals surface area contributed by atoms with E-state index < -0.39 is 0 Å². The molecule has 1 aromatic heterocycles. The number of thiophene rings is 1. The second-order valence-corrected chi connectivity index (χ2v) is 8.97. The van der Waals surface area contributed by atoms with Gasteiger partial charge in [0.1, 0.15) is 0 Å². The maximum atomic E-state index is 13.5. The summed E-state index contributed by atoms with van der Waals surface area (Å²) in [5.74, 6) is -0.216. The van der Waals surface area contributed by atoms with Gasteiger partial charge in [0.2, 0.25) is 0 Å². The van der Waals surface area contributed by atoms with Gasteiger partial charge in [0, 0.05) is 23.7 Å². The van der Waals surface area contributed by atoms with Gasteiger partial charge in [0.15, 0.2) is 0 Å². The number of nitrogens with one attached hydrogen (secondary N) is 1. The van der Waals surface area contributed by atoms with Crippen molar-refractivity contribution in [3.63, 3.8) is 0 Å². The van der Waals surface area contributed by atoms with Crippen LogP contribution in [0.25, 0.3) is 0 Å². The van der Waals surface area contributed by atoms with E-state index in [2.05, 4.69) is 5.32 Å². The van der Waals surface area contributed by atoms with Gasteiger partial charge in [-0.25, -0.2) is 5.01 Å². The van der Waals surface area contributed by atoms with E-state index in [-0.39, 0.29) is 17.9 Å². The molecule has 1 atom stereocenters. The van der Waals surface area contributed by atoms with Gasteiger partial charge < -0.3 is 11.1 Å². The Kier molecular flexibility index (Phi) is 7.22. The molecule has 0 saturated heterocycles. The summed E-state index contributed by atoms with van der Waals surface area (Å²) in [7, 11) is 0. The Morgan fingerprint density at radius 1 is 1.12 bits per heavy atom. The number of carbonyl (C=O) groups excluding carboxylic acids is 2. The maximum absolute atomic E-state index is 13.5. The Hall–Kier alpha value is -2.71. The van der Waals surface area contributed by atoms with E-state index in [9.17, 15) is 9.59 Å². The number of benzene rings is 2. The number of fused-ring (bicyclic) bond motifs is 1. The summed E-state index contributed by atoms with van der Waals surface area (Å²) < 4.78 is 0. The van der Waals surface area contributed by atoms with Crippen LogP contribution in [0.2, 0.25) is 5.02 Å². The van der Waals surface area contributed by atoms with Gasteiger partial charge in [-0.05, 0) is 53.7 Å². The molecule has 2 heterocycles. The van der Waals surface area contributed by atoms with Gasteiger partial charge >= 0.3 is 0 Å². The largest absolute Gasteiger partial charge is 0.349 e. The zero-order valence-electron chi connectivity index (χ0n) is 17.5. The molecule has 1 aliphatic heterocycles. The highest BCUT2D eigenvalue weighted by Gasteiger charge is 2.38. The predicted molar refractivity (Wildman–Crippen MR) is 128 cm³/mol. The quantitative estimate of drug-likeness (QED) is 0.521. The topological polar surface area (TPSA) is 78.7 Å². The highest BCUT2D eigenvalue weighted by Crippen LogP contribution is 2.35. The van der Waals surface area contributed by atoms with Crippen molar-refractivity contribution < 1.29 is 9.59 Å². The van der Waals surface area contributed by atoms with E-state index in [1.165, 1.54) is 11.3 Å². The molecule has 0 saturated carbocycles. The van der Waals surface area contributed by atoms with E-state index in [0.717, 1.165) is 11.1 Å². The predicted octanol–water partition coefficient (Wildman–Crippen LogP) is 4.09. The molecule has 8 heteroatoms. The molecule has 3 N–H and O–H groups in total. The molecule has 2 amide bonds. The van der Waals surface area contributed by atoms with Crippen molar-refractivity contribution in [1.29, 1.82) is 0 Å². The van der Waals surface area contributed by atoms with Gasteiger partial charge in [0.25, 0.3) is 11.8 Å². The lowest BCUT2D eigenvalue weighted by molar-refractivity contribution is -0.0531. The first kappa shape index (κ1) is 22.5. The van der Waals surface area contributed by atoms with Crippen LogP contribution in [0.4, 0.5) is 0 Å². The smallest absolute Gasteiger partial charge is 0.268 e. The fraction of sp³-hybridized carbons (Fsp3) is 0.250. The van der Waals surface area contributed by atoms with Crippen LogP contribution in [0.15, 0.2) is 66.0 Å². The van der Waals surface area contributed by atoms with Crippen molar-refractivity contribution in [1.82, 2.24) is 15.3 Å². The van der Waals surface area contributed by atoms with Crippen molar-refractivity contribution in [3.05, 3.63) is 92.6 Å². The van der Waals surface area contributed by atoms with Gasteiger partial charge in [-0.1, -0.05) is 48.0 Å². The molecule has 6 nitrogen and oxygen atoms in total. The number of amides is 2. The van der Waals surface area contributed by atoms with Gasteiger partial charge in [-0.15, -0.1) is 11.3 Å². The minimum Gasteiger partial charge on any atom is -0.349 e. The minimum atomic E-state index is -0.249. The summed E-state index contributed by atoms with van der Waals surface area (Å²) in [4.78, 5) is 26.8. The Morgan fingerprint density at radius 2 is 1.94 bits per heavy atom. The Labute approximate surface area is 196 Å². The summed E-state index contributed by atoms with van der Waals surface area (Å²) in [6.45, 7) is 1.86. The third-order valence-corrected chi connectivity index (χ3v) is 6.58. The number of nitrogens with two attached hydrogens (primary N) is 1. The monoisotopic (exact) mass is 468 g/mol. The second kappa shape index (κ2) is 10.3. The summed E-state index contributed by atoms with van der Waals surface area (Å²) in [6, 6.07) is 18.6. The number of nitrogens with zero attached hydrogens (tertiary/aromatic N) is 2. The first-order chi connectivity index (χ1) is 15.6. The normalized spacial score (nSPS) is 16.1. The number of hydrogen-bond donors (Lipinski definition) is 2. The third kappa shape index (κ3) is 4.86. The molecule has 0 aliphatic carbocycles. The number of hydrazine groups is 1. The molecular weight excluding hydrogens is 444 g/mol. The molecule has 4 rings (SSSR count). The van der Waals surface area contributed by atoms with Crippen molar-refractivity contribution in [3.8, 4) is 0 Å². The molecule has 0 bridgehead atoms. The first-order valence-electron chi connectivity index (χ1n) is 10.5.